The number of rotatable bonds is 2. The van der Waals surface area contributed by atoms with Crippen LogP contribution in [0.2, 0.25) is 0 Å². The Morgan fingerprint density at radius 3 is 3.00 bits per heavy atom. The summed E-state index contributed by atoms with van der Waals surface area (Å²) in [6, 6.07) is 2.45. The van der Waals surface area contributed by atoms with E-state index in [0.717, 1.165) is 12.1 Å². The van der Waals surface area contributed by atoms with Gasteiger partial charge in [0.25, 0.3) is 0 Å². The molecule has 0 spiro atoms. The second-order valence-corrected chi connectivity index (χ2v) is 5.41. The van der Waals surface area contributed by atoms with Crippen molar-refractivity contribution in [2.45, 2.75) is 19.4 Å². The smallest absolute Gasteiger partial charge is 0.168 e. The Bertz CT molecular complexity index is 370. The minimum Gasteiger partial charge on any atom is -0.313 e. The van der Waals surface area contributed by atoms with E-state index in [4.69, 9.17) is 0 Å². The van der Waals surface area contributed by atoms with E-state index in [9.17, 15) is 4.79 Å². The predicted octanol–water partition coefficient (Wildman–Crippen LogP) is 1.85. The largest absolute Gasteiger partial charge is 0.313 e. The third-order valence-electron chi connectivity index (χ3n) is 3.57. The highest BCUT2D eigenvalue weighted by Gasteiger charge is 2.50. The minimum absolute atomic E-state index is 0.281. The van der Waals surface area contributed by atoms with Crippen molar-refractivity contribution < 1.29 is 4.79 Å². The fourth-order valence-electron chi connectivity index (χ4n) is 2.69. The first-order valence-electron chi connectivity index (χ1n) is 5.09. The summed E-state index contributed by atoms with van der Waals surface area (Å²) in [4.78, 5) is 13.3. The second kappa shape index (κ2) is 2.91. The lowest BCUT2D eigenvalue weighted by Crippen LogP contribution is -2.42. The minimum atomic E-state index is 0.281. The predicted molar refractivity (Wildman–Crippen MR) is 56.8 cm³/mol. The molecule has 3 unspecified atom stereocenters. The van der Waals surface area contributed by atoms with Gasteiger partial charge >= 0.3 is 0 Å². The van der Waals surface area contributed by atoms with Crippen LogP contribution in [0.3, 0.4) is 0 Å². The molecule has 3 heterocycles. The number of hydrogen-bond donors (Lipinski definition) is 1. The molecule has 2 aliphatic heterocycles. The average Bonchev–Trinajstić information content (AvgIpc) is 2.74. The monoisotopic (exact) mass is 207 g/mol. The maximum Gasteiger partial charge on any atom is 0.168 e. The molecule has 2 saturated heterocycles. The van der Waals surface area contributed by atoms with Gasteiger partial charge in [-0.2, -0.15) is 0 Å². The molecule has 1 aromatic heterocycles. The van der Waals surface area contributed by atoms with Crippen LogP contribution in [0.25, 0.3) is 0 Å². The van der Waals surface area contributed by atoms with E-state index in [2.05, 4.69) is 5.32 Å². The second-order valence-electron chi connectivity index (χ2n) is 4.29. The highest BCUT2D eigenvalue weighted by atomic mass is 32.1. The van der Waals surface area contributed by atoms with Crippen molar-refractivity contribution in [3.8, 4) is 0 Å². The molecule has 3 aliphatic rings. The Morgan fingerprint density at radius 2 is 2.50 bits per heavy atom. The Morgan fingerprint density at radius 1 is 1.64 bits per heavy atom. The summed E-state index contributed by atoms with van der Waals surface area (Å²) in [6.07, 6.45) is 1.21. The van der Waals surface area contributed by atoms with Crippen molar-refractivity contribution in [3.05, 3.63) is 21.9 Å². The van der Waals surface area contributed by atoms with E-state index in [1.54, 1.807) is 11.3 Å². The summed E-state index contributed by atoms with van der Waals surface area (Å²) in [5.41, 5.74) is 0.957. The lowest BCUT2D eigenvalue weighted by atomic mass is 9.70. The molecule has 2 nitrogen and oxygen atoms in total. The van der Waals surface area contributed by atoms with Gasteiger partial charge in [0.15, 0.2) is 5.78 Å². The van der Waals surface area contributed by atoms with Crippen LogP contribution in [0.1, 0.15) is 21.7 Å². The van der Waals surface area contributed by atoms with Gasteiger partial charge in [-0.25, -0.2) is 0 Å². The van der Waals surface area contributed by atoms with Crippen LogP contribution in [-0.4, -0.2) is 18.4 Å². The van der Waals surface area contributed by atoms with Crippen LogP contribution in [0.5, 0.6) is 0 Å². The van der Waals surface area contributed by atoms with E-state index in [0.29, 0.717) is 17.7 Å². The highest BCUT2D eigenvalue weighted by Crippen LogP contribution is 2.42. The molecule has 0 aromatic carbocycles. The van der Waals surface area contributed by atoms with Gasteiger partial charge in [-0.1, -0.05) is 0 Å². The SMILES string of the molecule is Cc1sccc1C(=O)C1C2CNC1C2. The highest BCUT2D eigenvalue weighted by molar-refractivity contribution is 7.10. The summed E-state index contributed by atoms with van der Waals surface area (Å²) >= 11 is 1.67. The van der Waals surface area contributed by atoms with E-state index < -0.39 is 0 Å². The van der Waals surface area contributed by atoms with Crippen LogP contribution < -0.4 is 5.32 Å². The normalized spacial score (nSPS) is 34.2. The van der Waals surface area contributed by atoms with Gasteiger partial charge in [0.05, 0.1) is 0 Å². The molecule has 1 N–H and O–H groups in total. The van der Waals surface area contributed by atoms with E-state index >= 15 is 0 Å². The number of hydrogen-bond acceptors (Lipinski definition) is 3. The number of fused-ring (bicyclic) bond motifs is 1. The van der Waals surface area contributed by atoms with Crippen LogP contribution in [0.15, 0.2) is 11.4 Å². The Kier molecular flexibility index (Phi) is 1.79. The third-order valence-corrected chi connectivity index (χ3v) is 4.41. The van der Waals surface area contributed by atoms with Gasteiger partial charge in [-0.15, -0.1) is 11.3 Å². The van der Waals surface area contributed by atoms with Crippen molar-refractivity contribution in [1.29, 1.82) is 0 Å². The maximum atomic E-state index is 12.1. The molecule has 4 rings (SSSR count). The fourth-order valence-corrected chi connectivity index (χ4v) is 3.40. The molecule has 3 heteroatoms. The van der Waals surface area contributed by atoms with E-state index in [-0.39, 0.29) is 5.92 Å². The van der Waals surface area contributed by atoms with Gasteiger partial charge in [0, 0.05) is 22.4 Å². The first-order chi connectivity index (χ1) is 6.77. The molecule has 14 heavy (non-hydrogen) atoms. The quantitative estimate of drug-likeness (QED) is 0.750. The van der Waals surface area contributed by atoms with Crippen molar-refractivity contribution in [2.24, 2.45) is 11.8 Å². The van der Waals surface area contributed by atoms with Crippen LogP contribution in [0, 0.1) is 18.8 Å². The standard InChI is InChI=1S/C11H13NOS/c1-6-8(2-3-14-6)11(13)10-7-4-9(10)12-5-7/h2-3,7,9-10,12H,4-5H2,1H3. The summed E-state index contributed by atoms with van der Waals surface area (Å²) in [6.45, 7) is 3.08. The average molecular weight is 207 g/mol. The molecule has 3 fully saturated rings. The zero-order valence-corrected chi connectivity index (χ0v) is 8.93. The van der Waals surface area contributed by atoms with E-state index in [1.807, 2.05) is 18.4 Å². The van der Waals surface area contributed by atoms with Gasteiger partial charge in [-0.3, -0.25) is 4.79 Å². The van der Waals surface area contributed by atoms with Gasteiger partial charge < -0.3 is 5.32 Å². The summed E-state index contributed by atoms with van der Waals surface area (Å²) in [5, 5.41) is 5.40. The van der Waals surface area contributed by atoms with Crippen molar-refractivity contribution in [3.63, 3.8) is 0 Å². The zero-order chi connectivity index (χ0) is 9.71. The first-order valence-corrected chi connectivity index (χ1v) is 5.97. The van der Waals surface area contributed by atoms with E-state index in [1.165, 1.54) is 11.3 Å². The number of thiophene rings is 1. The Labute approximate surface area is 87.3 Å². The first kappa shape index (κ1) is 8.62. The van der Waals surface area contributed by atoms with Gasteiger partial charge in [0.1, 0.15) is 0 Å². The zero-order valence-electron chi connectivity index (χ0n) is 8.12. The molecular formula is C11H13NOS. The molecule has 74 valence electrons. The number of aryl methyl sites for hydroxylation is 1. The molecule has 1 aliphatic carbocycles. The molecule has 0 radical (unpaired) electrons. The molecule has 2 bridgehead atoms. The Balaban J connectivity index is 1.87. The van der Waals surface area contributed by atoms with Crippen LogP contribution >= 0.6 is 11.3 Å². The topological polar surface area (TPSA) is 29.1 Å². The van der Waals surface area contributed by atoms with Crippen molar-refractivity contribution in [1.82, 2.24) is 5.32 Å². The lowest BCUT2D eigenvalue weighted by molar-refractivity contribution is 0.0784. The van der Waals surface area contributed by atoms with Crippen LogP contribution in [-0.2, 0) is 0 Å². The molecule has 1 saturated carbocycles. The maximum absolute atomic E-state index is 12.1. The molecular weight excluding hydrogens is 194 g/mol. The molecule has 0 amide bonds. The number of nitrogens with one attached hydrogen (secondary N) is 1. The van der Waals surface area contributed by atoms with Crippen molar-refractivity contribution >= 4 is 17.1 Å². The van der Waals surface area contributed by atoms with Gasteiger partial charge in [-0.05, 0) is 37.3 Å². The summed E-state index contributed by atoms with van der Waals surface area (Å²) in [7, 11) is 0. The van der Waals surface area contributed by atoms with Crippen molar-refractivity contribution in [2.75, 3.05) is 6.54 Å². The van der Waals surface area contributed by atoms with Crippen LogP contribution in [0.4, 0.5) is 0 Å². The summed E-state index contributed by atoms with van der Waals surface area (Å²) in [5.74, 6) is 1.27. The lowest BCUT2D eigenvalue weighted by Gasteiger charge is -2.33. The third kappa shape index (κ3) is 1.03. The summed E-state index contributed by atoms with van der Waals surface area (Å²) < 4.78 is 0. The van der Waals surface area contributed by atoms with Gasteiger partial charge in [0.2, 0.25) is 0 Å². The number of carbonyl (C=O) groups is 1. The molecule has 1 aromatic rings. The number of carbonyl (C=O) groups excluding carboxylic acids is 1. The number of Topliss-reactive ketones (excluding diaryl/α,β-unsaturated/α-hetero) is 1. The Hall–Kier alpha value is -0.670. The number of ketones is 1. The fraction of sp³-hybridized carbons (Fsp3) is 0.545. The molecule has 3 atom stereocenters.